The van der Waals surface area contributed by atoms with Crippen LogP contribution in [0.2, 0.25) is 0 Å². The SMILES string of the molecule is CCC(C)C(C)NC(=O)c1ccc(NN)c(C(F)(F)F)c1. The smallest absolute Gasteiger partial charge is 0.349 e. The first kappa shape index (κ1) is 17.3. The number of nitrogens with two attached hydrogens (primary N) is 1. The van der Waals surface area contributed by atoms with E-state index in [-0.39, 0.29) is 23.2 Å². The van der Waals surface area contributed by atoms with E-state index in [2.05, 4.69) is 5.32 Å². The van der Waals surface area contributed by atoms with Crippen LogP contribution in [0, 0.1) is 5.92 Å². The fourth-order valence-corrected chi connectivity index (χ4v) is 1.83. The molecule has 0 bridgehead atoms. The number of anilines is 1. The zero-order valence-corrected chi connectivity index (χ0v) is 12.2. The summed E-state index contributed by atoms with van der Waals surface area (Å²) in [6.07, 6.45) is -3.72. The standard InChI is InChI=1S/C14H20F3N3O/c1-4-8(2)9(3)19-13(21)10-5-6-12(20-18)11(7-10)14(15,16)17/h5-9,20H,4,18H2,1-3H3,(H,19,21). The fourth-order valence-electron chi connectivity index (χ4n) is 1.83. The molecule has 7 heteroatoms. The van der Waals surface area contributed by atoms with Crippen LogP contribution in [0.4, 0.5) is 18.9 Å². The minimum Gasteiger partial charge on any atom is -0.349 e. The Morgan fingerprint density at radius 1 is 1.33 bits per heavy atom. The molecule has 0 aliphatic heterocycles. The Bertz CT molecular complexity index is 503. The third-order valence-electron chi connectivity index (χ3n) is 3.60. The number of halogens is 3. The van der Waals surface area contributed by atoms with Crippen LogP contribution in [0.3, 0.4) is 0 Å². The van der Waals surface area contributed by atoms with Crippen LogP contribution in [0.25, 0.3) is 0 Å². The third-order valence-corrected chi connectivity index (χ3v) is 3.60. The predicted octanol–water partition coefficient (Wildman–Crippen LogP) is 3.16. The summed E-state index contributed by atoms with van der Waals surface area (Å²) in [6, 6.07) is 3.13. The first-order chi connectivity index (χ1) is 9.70. The van der Waals surface area contributed by atoms with Crippen molar-refractivity contribution in [1.82, 2.24) is 5.32 Å². The molecule has 2 atom stereocenters. The van der Waals surface area contributed by atoms with Crippen molar-refractivity contribution in [2.45, 2.75) is 39.4 Å². The highest BCUT2D eigenvalue weighted by Crippen LogP contribution is 2.35. The maximum atomic E-state index is 12.9. The molecule has 1 aromatic rings. The van der Waals surface area contributed by atoms with Crippen LogP contribution >= 0.6 is 0 Å². The monoisotopic (exact) mass is 303 g/mol. The molecule has 4 nitrogen and oxygen atoms in total. The summed E-state index contributed by atoms with van der Waals surface area (Å²) in [7, 11) is 0. The molecule has 0 fully saturated rings. The molecule has 1 rings (SSSR count). The molecule has 1 aromatic carbocycles. The molecular weight excluding hydrogens is 283 g/mol. The van der Waals surface area contributed by atoms with Crippen molar-refractivity contribution in [3.8, 4) is 0 Å². The molecule has 0 saturated carbocycles. The number of hydrogen-bond acceptors (Lipinski definition) is 3. The van der Waals surface area contributed by atoms with Crippen molar-refractivity contribution >= 4 is 11.6 Å². The molecule has 0 aliphatic rings. The number of hydrazine groups is 1. The Kier molecular flexibility index (Phi) is 5.60. The zero-order chi connectivity index (χ0) is 16.2. The van der Waals surface area contributed by atoms with Gasteiger partial charge in [0.1, 0.15) is 0 Å². The third kappa shape index (κ3) is 4.35. The molecule has 2 unspecified atom stereocenters. The van der Waals surface area contributed by atoms with Crippen molar-refractivity contribution in [3.63, 3.8) is 0 Å². The first-order valence-electron chi connectivity index (χ1n) is 6.69. The second kappa shape index (κ2) is 6.80. The lowest BCUT2D eigenvalue weighted by Gasteiger charge is -2.20. The number of carbonyl (C=O) groups excluding carboxylic acids is 1. The lowest BCUT2D eigenvalue weighted by Crippen LogP contribution is -2.37. The molecule has 0 aromatic heterocycles. The Labute approximate surface area is 121 Å². The van der Waals surface area contributed by atoms with Gasteiger partial charge in [-0.2, -0.15) is 13.2 Å². The van der Waals surface area contributed by atoms with E-state index in [1.165, 1.54) is 6.07 Å². The number of nitrogens with one attached hydrogen (secondary N) is 2. The minimum absolute atomic E-state index is 0.0449. The fraction of sp³-hybridized carbons (Fsp3) is 0.500. The second-order valence-electron chi connectivity index (χ2n) is 5.05. The van der Waals surface area contributed by atoms with Crippen molar-refractivity contribution in [2.75, 3.05) is 5.43 Å². The molecule has 118 valence electrons. The molecule has 0 spiro atoms. The number of alkyl halides is 3. The van der Waals surface area contributed by atoms with Crippen LogP contribution < -0.4 is 16.6 Å². The van der Waals surface area contributed by atoms with E-state index in [0.717, 1.165) is 18.6 Å². The van der Waals surface area contributed by atoms with E-state index in [9.17, 15) is 18.0 Å². The Morgan fingerprint density at radius 2 is 1.95 bits per heavy atom. The molecule has 1 amide bonds. The zero-order valence-electron chi connectivity index (χ0n) is 12.2. The summed E-state index contributed by atoms with van der Waals surface area (Å²) < 4.78 is 38.7. The average molecular weight is 303 g/mol. The number of rotatable bonds is 5. The van der Waals surface area contributed by atoms with E-state index in [1.807, 2.05) is 26.2 Å². The van der Waals surface area contributed by atoms with E-state index >= 15 is 0 Å². The van der Waals surface area contributed by atoms with Gasteiger partial charge < -0.3 is 10.7 Å². The normalized spacial score (nSPS) is 14.4. The first-order valence-corrected chi connectivity index (χ1v) is 6.69. The number of hydrogen-bond donors (Lipinski definition) is 3. The molecule has 0 heterocycles. The number of benzene rings is 1. The lowest BCUT2D eigenvalue weighted by molar-refractivity contribution is -0.137. The van der Waals surface area contributed by atoms with Gasteiger partial charge in [-0.1, -0.05) is 20.3 Å². The van der Waals surface area contributed by atoms with E-state index in [0.29, 0.717) is 0 Å². The van der Waals surface area contributed by atoms with Gasteiger partial charge in [-0.15, -0.1) is 0 Å². The Hall–Kier alpha value is -1.76. The van der Waals surface area contributed by atoms with Crippen LogP contribution in [-0.4, -0.2) is 11.9 Å². The summed E-state index contributed by atoms with van der Waals surface area (Å²) in [5, 5.41) is 2.71. The molecule has 21 heavy (non-hydrogen) atoms. The molecule has 4 N–H and O–H groups in total. The van der Waals surface area contributed by atoms with E-state index in [4.69, 9.17) is 5.84 Å². The van der Waals surface area contributed by atoms with Gasteiger partial charge in [-0.05, 0) is 31.0 Å². The summed E-state index contributed by atoms with van der Waals surface area (Å²) in [5.41, 5.74) is 0.706. The van der Waals surface area contributed by atoms with Gasteiger partial charge in [0.25, 0.3) is 5.91 Å². The topological polar surface area (TPSA) is 67.2 Å². The van der Waals surface area contributed by atoms with Crippen molar-refractivity contribution in [2.24, 2.45) is 11.8 Å². The van der Waals surface area contributed by atoms with Crippen molar-refractivity contribution in [3.05, 3.63) is 29.3 Å². The van der Waals surface area contributed by atoms with Gasteiger partial charge in [-0.3, -0.25) is 10.6 Å². The van der Waals surface area contributed by atoms with Crippen LogP contribution in [0.1, 0.15) is 43.1 Å². The maximum absolute atomic E-state index is 12.9. The summed E-state index contributed by atoms with van der Waals surface area (Å²) in [4.78, 5) is 12.0. The molecular formula is C14H20F3N3O. The number of amides is 1. The van der Waals surface area contributed by atoms with Gasteiger partial charge in [0.05, 0.1) is 11.3 Å². The number of nitrogen functional groups attached to an aromatic ring is 1. The maximum Gasteiger partial charge on any atom is 0.418 e. The van der Waals surface area contributed by atoms with Crippen LogP contribution in [-0.2, 0) is 6.18 Å². The van der Waals surface area contributed by atoms with E-state index in [1.54, 1.807) is 0 Å². The second-order valence-corrected chi connectivity index (χ2v) is 5.05. The van der Waals surface area contributed by atoms with Gasteiger partial charge in [-0.25, -0.2) is 0 Å². The number of carbonyl (C=O) groups is 1. The quantitative estimate of drug-likeness (QED) is 0.578. The summed E-state index contributed by atoms with van der Waals surface area (Å²) in [5.74, 6) is 4.77. The van der Waals surface area contributed by atoms with Gasteiger partial charge in [0.2, 0.25) is 0 Å². The largest absolute Gasteiger partial charge is 0.418 e. The minimum atomic E-state index is -4.58. The van der Waals surface area contributed by atoms with Crippen LogP contribution in [0.5, 0.6) is 0 Å². The predicted molar refractivity (Wildman–Crippen MR) is 75.6 cm³/mol. The average Bonchev–Trinajstić information content (AvgIpc) is 2.44. The highest BCUT2D eigenvalue weighted by atomic mass is 19.4. The Balaban J connectivity index is 3.01. The lowest BCUT2D eigenvalue weighted by atomic mass is 10.00. The van der Waals surface area contributed by atoms with Gasteiger partial charge >= 0.3 is 6.18 Å². The van der Waals surface area contributed by atoms with Gasteiger partial charge in [0.15, 0.2) is 0 Å². The van der Waals surface area contributed by atoms with Gasteiger partial charge in [0, 0.05) is 11.6 Å². The van der Waals surface area contributed by atoms with Crippen molar-refractivity contribution in [1.29, 1.82) is 0 Å². The van der Waals surface area contributed by atoms with Crippen LogP contribution in [0.15, 0.2) is 18.2 Å². The summed E-state index contributed by atoms with van der Waals surface area (Å²) >= 11 is 0. The highest BCUT2D eigenvalue weighted by molar-refractivity contribution is 5.95. The molecule has 0 aliphatic carbocycles. The van der Waals surface area contributed by atoms with E-state index < -0.39 is 17.6 Å². The Morgan fingerprint density at radius 3 is 2.43 bits per heavy atom. The van der Waals surface area contributed by atoms with Crippen molar-refractivity contribution < 1.29 is 18.0 Å². The highest BCUT2D eigenvalue weighted by Gasteiger charge is 2.34. The summed E-state index contributed by atoms with van der Waals surface area (Å²) in [6.45, 7) is 5.77. The molecule has 0 radical (unpaired) electrons. The molecule has 0 saturated heterocycles.